The molecule has 1 amide bonds. The van der Waals surface area contributed by atoms with Gasteiger partial charge >= 0.3 is 6.18 Å². The van der Waals surface area contributed by atoms with E-state index < -0.39 is 33.1 Å². The molecule has 3 aromatic heterocycles. The van der Waals surface area contributed by atoms with Crippen LogP contribution in [0.5, 0.6) is 5.88 Å². The molecule has 1 atom stereocenters. The number of aromatic nitrogens is 4. The number of nitrogens with zero attached hydrogens (tertiary/aromatic N) is 6. The maximum atomic E-state index is 13.8. The van der Waals surface area contributed by atoms with Gasteiger partial charge in [0.15, 0.2) is 10.8 Å². The monoisotopic (exact) mass is 709 g/mol. The minimum absolute atomic E-state index is 0.0634. The molecule has 0 unspecified atom stereocenters. The SMILES string of the molecule is CC1(C)C[C@@H]2CCCN(c3ccccc3)c3cccc(n3)S(=O)(=O)NC(=O)c3ccc(-n4ccc(OCCC5(C(F)(F)F)CC5)n4)nc3N1C2. The second-order valence-corrected chi connectivity index (χ2v) is 15.5. The summed E-state index contributed by atoms with van der Waals surface area (Å²) in [5.74, 6) is 0.621. The molecule has 7 rings (SSSR count). The van der Waals surface area contributed by atoms with Crippen LogP contribution in [0.25, 0.3) is 5.82 Å². The Kier molecular flexibility index (Phi) is 8.51. The van der Waals surface area contributed by atoms with E-state index in [4.69, 9.17) is 9.72 Å². The lowest BCUT2D eigenvalue weighted by atomic mass is 9.93. The summed E-state index contributed by atoms with van der Waals surface area (Å²) in [6.07, 6.45) is -0.129. The van der Waals surface area contributed by atoms with Crippen LogP contribution in [0, 0.1) is 11.3 Å². The summed E-state index contributed by atoms with van der Waals surface area (Å²) >= 11 is 0. The number of rotatable bonds is 6. The molecule has 15 heteroatoms. The predicted octanol–water partition coefficient (Wildman–Crippen LogP) is 6.43. The average molecular weight is 710 g/mol. The van der Waals surface area contributed by atoms with Gasteiger partial charge in [0.2, 0.25) is 5.88 Å². The Hall–Kier alpha value is -4.66. The fraction of sp³-hybridized carbons (Fsp3) is 0.429. The van der Waals surface area contributed by atoms with Crippen LogP contribution in [0.3, 0.4) is 0 Å². The van der Waals surface area contributed by atoms with Gasteiger partial charge in [-0.05, 0) is 94.7 Å². The van der Waals surface area contributed by atoms with Crippen molar-refractivity contribution in [3.63, 3.8) is 0 Å². The summed E-state index contributed by atoms with van der Waals surface area (Å²) in [6, 6.07) is 18.9. The number of carbonyl (C=O) groups excluding carboxylic acids is 1. The number of halogens is 3. The lowest BCUT2D eigenvalue weighted by Crippen LogP contribution is -2.41. The van der Waals surface area contributed by atoms with Crippen LogP contribution in [0.2, 0.25) is 0 Å². The molecule has 0 spiro atoms. The summed E-state index contributed by atoms with van der Waals surface area (Å²) < 4.78 is 76.5. The zero-order valence-electron chi connectivity index (χ0n) is 27.7. The lowest BCUT2D eigenvalue weighted by Gasteiger charge is -2.34. The summed E-state index contributed by atoms with van der Waals surface area (Å²) in [5, 5.41) is 4.08. The molecule has 4 aromatic rings. The molecule has 50 heavy (non-hydrogen) atoms. The van der Waals surface area contributed by atoms with E-state index in [0.717, 1.165) is 24.9 Å². The maximum Gasteiger partial charge on any atom is 0.394 e. The highest BCUT2D eigenvalue weighted by Gasteiger charge is 2.62. The van der Waals surface area contributed by atoms with Crippen LogP contribution >= 0.6 is 0 Å². The van der Waals surface area contributed by atoms with Crippen molar-refractivity contribution in [3.05, 3.63) is 78.5 Å². The Labute approximate surface area is 288 Å². The van der Waals surface area contributed by atoms with Gasteiger partial charge in [0.1, 0.15) is 11.6 Å². The molecule has 0 radical (unpaired) electrons. The molecule has 1 saturated heterocycles. The van der Waals surface area contributed by atoms with Gasteiger partial charge in [-0.1, -0.05) is 24.3 Å². The summed E-state index contributed by atoms with van der Waals surface area (Å²) in [4.78, 5) is 27.2. The Morgan fingerprint density at radius 3 is 2.50 bits per heavy atom. The number of anilines is 3. The molecule has 264 valence electrons. The molecular weight excluding hydrogens is 671 g/mol. The lowest BCUT2D eigenvalue weighted by molar-refractivity contribution is -0.190. The summed E-state index contributed by atoms with van der Waals surface area (Å²) in [5.41, 5.74) is -1.16. The van der Waals surface area contributed by atoms with Gasteiger partial charge in [0.05, 0.1) is 17.6 Å². The van der Waals surface area contributed by atoms with Crippen LogP contribution in [0.1, 0.15) is 62.7 Å². The van der Waals surface area contributed by atoms with E-state index in [9.17, 15) is 26.4 Å². The first-order chi connectivity index (χ1) is 23.7. The number of hydrogen-bond acceptors (Lipinski definition) is 9. The first-order valence-corrected chi connectivity index (χ1v) is 18.1. The molecule has 11 nitrogen and oxygen atoms in total. The number of nitrogens with one attached hydrogen (secondary N) is 1. The number of pyridine rings is 2. The number of amides is 1. The van der Waals surface area contributed by atoms with Gasteiger partial charge in [0.25, 0.3) is 15.9 Å². The molecule has 5 heterocycles. The van der Waals surface area contributed by atoms with Gasteiger partial charge in [0, 0.05) is 36.6 Å². The van der Waals surface area contributed by atoms with Crippen LogP contribution in [0.15, 0.2) is 78.0 Å². The van der Waals surface area contributed by atoms with Crippen LogP contribution < -0.4 is 19.3 Å². The third-order valence-electron chi connectivity index (χ3n) is 9.95. The van der Waals surface area contributed by atoms with E-state index in [1.807, 2.05) is 40.1 Å². The number of ether oxygens (including phenoxy) is 1. The van der Waals surface area contributed by atoms with E-state index in [1.165, 1.54) is 22.9 Å². The van der Waals surface area contributed by atoms with Gasteiger partial charge in [-0.2, -0.15) is 21.6 Å². The number of para-hydroxylation sites is 1. The second kappa shape index (κ2) is 12.6. The molecule has 1 aliphatic carbocycles. The highest BCUT2D eigenvalue weighted by atomic mass is 32.2. The minimum atomic E-state index is -4.39. The van der Waals surface area contributed by atoms with Crippen molar-refractivity contribution in [2.45, 2.75) is 69.1 Å². The molecule has 1 saturated carbocycles. The van der Waals surface area contributed by atoms with Gasteiger partial charge in [-0.25, -0.2) is 19.4 Å². The Morgan fingerprint density at radius 1 is 0.980 bits per heavy atom. The van der Waals surface area contributed by atoms with E-state index in [-0.39, 0.29) is 48.3 Å². The average Bonchev–Trinajstić information content (AvgIpc) is 3.63. The number of fused-ring (bicyclic) bond motifs is 6. The smallest absolute Gasteiger partial charge is 0.394 e. The Morgan fingerprint density at radius 2 is 1.76 bits per heavy atom. The number of benzene rings is 1. The van der Waals surface area contributed by atoms with E-state index in [1.54, 1.807) is 24.4 Å². The molecule has 2 aliphatic heterocycles. The predicted molar refractivity (Wildman–Crippen MR) is 180 cm³/mol. The highest BCUT2D eigenvalue weighted by molar-refractivity contribution is 7.90. The highest BCUT2D eigenvalue weighted by Crippen LogP contribution is 2.59. The van der Waals surface area contributed by atoms with Crippen LogP contribution in [-0.2, 0) is 10.0 Å². The van der Waals surface area contributed by atoms with E-state index >= 15 is 0 Å². The topological polar surface area (TPSA) is 123 Å². The quantitative estimate of drug-likeness (QED) is 0.241. The molecule has 1 aromatic carbocycles. The van der Waals surface area contributed by atoms with Crippen molar-refractivity contribution < 1.29 is 31.1 Å². The van der Waals surface area contributed by atoms with Crippen molar-refractivity contribution in [1.29, 1.82) is 0 Å². The fourth-order valence-corrected chi connectivity index (χ4v) is 7.98. The first kappa shape index (κ1) is 33.8. The van der Waals surface area contributed by atoms with Gasteiger partial charge in [-0.15, -0.1) is 5.10 Å². The Bertz CT molecular complexity index is 2000. The van der Waals surface area contributed by atoms with E-state index in [2.05, 4.69) is 28.7 Å². The van der Waals surface area contributed by atoms with Gasteiger partial charge in [-0.3, -0.25) is 4.79 Å². The number of alkyl halides is 3. The van der Waals surface area contributed by atoms with E-state index in [0.29, 0.717) is 30.5 Å². The number of sulfonamides is 1. The summed E-state index contributed by atoms with van der Waals surface area (Å²) in [6.45, 7) is 5.20. The fourth-order valence-electron chi connectivity index (χ4n) is 7.05. The normalized spacial score (nSPS) is 21.1. The second-order valence-electron chi connectivity index (χ2n) is 13.9. The molecule has 2 fully saturated rings. The summed E-state index contributed by atoms with van der Waals surface area (Å²) in [7, 11) is -4.39. The van der Waals surface area contributed by atoms with Crippen molar-refractivity contribution in [2.24, 2.45) is 11.3 Å². The zero-order chi connectivity index (χ0) is 35.3. The third-order valence-corrected chi connectivity index (χ3v) is 11.2. The minimum Gasteiger partial charge on any atom is -0.477 e. The maximum absolute atomic E-state index is 13.8. The van der Waals surface area contributed by atoms with Crippen molar-refractivity contribution in [1.82, 2.24) is 24.5 Å². The van der Waals surface area contributed by atoms with Gasteiger partial charge < -0.3 is 14.5 Å². The van der Waals surface area contributed by atoms with Crippen LogP contribution in [0.4, 0.5) is 30.5 Å². The number of hydrogen-bond donors (Lipinski definition) is 1. The van der Waals surface area contributed by atoms with Crippen molar-refractivity contribution in [2.75, 3.05) is 29.5 Å². The zero-order valence-corrected chi connectivity index (χ0v) is 28.5. The standard InChI is InChI=1S/C35H38F3N7O4S/c1-33(2)22-24-8-7-19-43(25-9-4-3-5-10-25)27-11-6-12-30(39-27)50(47,48)42-32(46)26-13-14-28(40-31(26)44(33)23-24)45-20-15-29(41-45)49-21-18-34(16-17-34)35(36,37)38/h3-6,9-15,20,24H,7-8,16-19,21-23H2,1-2H3,(H,42,46)/t24-/m0/s1. The Balaban J connectivity index is 1.20. The molecule has 1 N–H and O–H groups in total. The van der Waals surface area contributed by atoms with Crippen molar-refractivity contribution in [3.8, 4) is 11.7 Å². The van der Waals surface area contributed by atoms with Crippen molar-refractivity contribution >= 4 is 33.3 Å². The third kappa shape index (κ3) is 6.62. The largest absolute Gasteiger partial charge is 0.477 e. The van der Waals surface area contributed by atoms with Crippen LogP contribution in [-0.4, -0.2) is 65.5 Å². The number of carbonyl (C=O) groups is 1. The molecule has 4 bridgehead atoms. The molecular formula is C35H38F3N7O4S. The molecule has 3 aliphatic rings. The first-order valence-electron chi connectivity index (χ1n) is 16.7.